The first-order valence-corrected chi connectivity index (χ1v) is 13.8. The zero-order chi connectivity index (χ0) is 30.3. The molecule has 0 spiro atoms. The maximum absolute atomic E-state index is 16.6. The van der Waals surface area contributed by atoms with Crippen molar-refractivity contribution in [2.75, 3.05) is 45.2 Å². The standard InChI is InChI=1S/C30H31F3N6O2/c1-38(2)14-30(7-8-30)15-41-29-36-27-21(28(37-29)39-13-17-4-5-18(39)11-34-17)12-35-26(25(27)33)20-10-19(40)9-16-3-6-22(31)24(32)23(16)20/h3,6,9-10,12,17-18,34,40H,4-5,7-8,11,13-15H2,1-2H3/i15D2. The van der Waals surface area contributed by atoms with E-state index in [0.717, 1.165) is 25.0 Å². The third kappa shape index (κ3) is 4.61. The molecule has 0 amide bonds. The van der Waals surface area contributed by atoms with Crippen LogP contribution in [0.1, 0.15) is 28.4 Å². The average Bonchev–Trinajstić information content (AvgIpc) is 3.76. The number of fused-ring (bicyclic) bond motifs is 5. The number of halogens is 3. The molecule has 214 valence electrons. The van der Waals surface area contributed by atoms with Gasteiger partial charge in [-0.2, -0.15) is 9.97 Å². The van der Waals surface area contributed by atoms with Crippen LogP contribution in [-0.2, 0) is 0 Å². The molecule has 1 aliphatic carbocycles. The fraction of sp³-hybridized carbons (Fsp3) is 0.433. The van der Waals surface area contributed by atoms with Crippen molar-refractivity contribution < 1.29 is 25.8 Å². The normalized spacial score (nSPS) is 22.3. The Bertz CT molecular complexity index is 1760. The van der Waals surface area contributed by atoms with Crippen LogP contribution >= 0.6 is 0 Å². The van der Waals surface area contributed by atoms with Gasteiger partial charge in [-0.25, -0.2) is 13.2 Å². The molecule has 2 bridgehead atoms. The van der Waals surface area contributed by atoms with E-state index in [2.05, 4.69) is 25.2 Å². The lowest BCUT2D eigenvalue weighted by Gasteiger charge is -2.46. The Morgan fingerprint density at radius 2 is 2.00 bits per heavy atom. The first kappa shape index (κ1) is 24.0. The molecule has 2 N–H and O–H groups in total. The smallest absolute Gasteiger partial charge is 0.319 e. The van der Waals surface area contributed by atoms with E-state index in [4.69, 9.17) is 7.48 Å². The van der Waals surface area contributed by atoms with E-state index in [0.29, 0.717) is 38.3 Å². The van der Waals surface area contributed by atoms with Gasteiger partial charge >= 0.3 is 6.01 Å². The summed E-state index contributed by atoms with van der Waals surface area (Å²) in [6.45, 7) is -0.359. The molecule has 8 rings (SSSR count). The van der Waals surface area contributed by atoms with Crippen molar-refractivity contribution in [1.82, 2.24) is 25.2 Å². The van der Waals surface area contributed by atoms with Crippen LogP contribution in [0.25, 0.3) is 32.9 Å². The summed E-state index contributed by atoms with van der Waals surface area (Å²) < 4.78 is 69.4. The zero-order valence-electron chi connectivity index (χ0n) is 24.7. The Balaban J connectivity index is 1.41. The molecule has 3 aliphatic heterocycles. The SMILES string of the molecule is [2H]C([2H])(Oc1nc(N2CC3CCC2CN3)c2cnc(-c3cc(O)cc4ccc(F)c(F)c34)c(F)c2n1)C1(CN(C)C)CC1. The van der Waals surface area contributed by atoms with Gasteiger partial charge in [0.25, 0.3) is 0 Å². The summed E-state index contributed by atoms with van der Waals surface area (Å²) in [5, 5.41) is 14.1. The van der Waals surface area contributed by atoms with Crippen molar-refractivity contribution in [3.8, 4) is 23.0 Å². The second kappa shape index (κ2) is 9.70. The number of pyridine rings is 1. The summed E-state index contributed by atoms with van der Waals surface area (Å²) in [6.07, 6.45) is 4.52. The third-order valence-electron chi connectivity index (χ3n) is 8.34. The van der Waals surface area contributed by atoms with Crippen LogP contribution in [0.5, 0.6) is 11.8 Å². The maximum Gasteiger partial charge on any atom is 0.319 e. The lowest BCUT2D eigenvalue weighted by molar-refractivity contribution is 0.183. The Hall–Kier alpha value is -3.70. The van der Waals surface area contributed by atoms with Gasteiger partial charge < -0.3 is 25.0 Å². The predicted octanol–water partition coefficient (Wildman–Crippen LogP) is 4.63. The summed E-state index contributed by atoms with van der Waals surface area (Å²) in [5.41, 5.74) is -1.44. The van der Waals surface area contributed by atoms with Crippen LogP contribution < -0.4 is 15.0 Å². The fourth-order valence-corrected chi connectivity index (χ4v) is 6.21. The quantitative estimate of drug-likeness (QED) is 0.335. The molecule has 4 aromatic rings. The van der Waals surface area contributed by atoms with Crippen molar-refractivity contribution in [2.24, 2.45) is 5.41 Å². The number of benzene rings is 2. The number of hydrogen-bond donors (Lipinski definition) is 2. The van der Waals surface area contributed by atoms with Gasteiger partial charge in [0.2, 0.25) is 0 Å². The number of aromatic nitrogens is 3. The first-order chi connectivity index (χ1) is 20.5. The Kier molecular flexibility index (Phi) is 5.66. The van der Waals surface area contributed by atoms with Gasteiger partial charge in [0.1, 0.15) is 22.8 Å². The minimum atomic E-state index is -2.14. The summed E-state index contributed by atoms with van der Waals surface area (Å²) in [7, 11) is 3.73. The molecule has 2 aromatic heterocycles. The Morgan fingerprint density at radius 3 is 2.68 bits per heavy atom. The lowest BCUT2D eigenvalue weighted by Crippen LogP contribution is -2.61. The van der Waals surface area contributed by atoms with Gasteiger partial charge in [0, 0.05) is 54.3 Å². The van der Waals surface area contributed by atoms with Gasteiger partial charge in [0.15, 0.2) is 17.5 Å². The molecule has 2 atom stereocenters. The van der Waals surface area contributed by atoms with Gasteiger partial charge in [-0.3, -0.25) is 4.98 Å². The van der Waals surface area contributed by atoms with Crippen molar-refractivity contribution in [3.63, 3.8) is 0 Å². The number of rotatable bonds is 7. The van der Waals surface area contributed by atoms with Crippen LogP contribution in [0.2, 0.25) is 0 Å². The highest BCUT2D eigenvalue weighted by atomic mass is 19.2. The monoisotopic (exact) mass is 566 g/mol. The van der Waals surface area contributed by atoms with E-state index in [1.807, 2.05) is 19.0 Å². The summed E-state index contributed by atoms with van der Waals surface area (Å²) in [6, 6.07) is 4.60. The molecule has 4 aliphatic rings. The number of piperazine rings is 1. The van der Waals surface area contributed by atoms with Gasteiger partial charge in [-0.15, -0.1) is 0 Å². The van der Waals surface area contributed by atoms with E-state index in [1.165, 1.54) is 18.3 Å². The van der Waals surface area contributed by atoms with Gasteiger partial charge in [-0.05, 0) is 63.4 Å². The summed E-state index contributed by atoms with van der Waals surface area (Å²) in [4.78, 5) is 17.3. The molecule has 11 heteroatoms. The molecule has 0 radical (unpaired) electrons. The lowest BCUT2D eigenvalue weighted by atomic mass is 9.93. The number of phenols is 1. The van der Waals surface area contributed by atoms with Gasteiger partial charge in [-0.1, -0.05) is 6.07 Å². The largest absolute Gasteiger partial charge is 0.508 e. The Morgan fingerprint density at radius 1 is 1.17 bits per heavy atom. The minimum Gasteiger partial charge on any atom is -0.508 e. The molecule has 3 saturated heterocycles. The van der Waals surface area contributed by atoms with Crippen LogP contribution in [0.15, 0.2) is 30.5 Å². The first-order valence-electron chi connectivity index (χ1n) is 14.8. The highest BCUT2D eigenvalue weighted by Crippen LogP contribution is 2.46. The van der Waals surface area contributed by atoms with Crippen molar-refractivity contribution >= 4 is 27.5 Å². The van der Waals surface area contributed by atoms with E-state index in [-0.39, 0.29) is 56.8 Å². The number of ether oxygens (including phenoxy) is 1. The number of hydrogen-bond acceptors (Lipinski definition) is 8. The van der Waals surface area contributed by atoms with E-state index in [9.17, 15) is 9.50 Å². The topological polar surface area (TPSA) is 86.6 Å². The molecule has 4 fully saturated rings. The molecule has 41 heavy (non-hydrogen) atoms. The van der Waals surface area contributed by atoms with Crippen LogP contribution in [0, 0.1) is 22.9 Å². The molecule has 5 heterocycles. The van der Waals surface area contributed by atoms with Crippen molar-refractivity contribution in [2.45, 2.75) is 37.8 Å². The van der Waals surface area contributed by atoms with Crippen LogP contribution in [0.3, 0.4) is 0 Å². The molecule has 8 nitrogen and oxygen atoms in total. The minimum absolute atomic E-state index is 0.0750. The number of piperidine rings is 2. The molecule has 1 saturated carbocycles. The second-order valence-corrected chi connectivity index (χ2v) is 11.7. The molecule has 2 unspecified atom stereocenters. The number of aromatic hydroxyl groups is 1. The highest BCUT2D eigenvalue weighted by Gasteiger charge is 2.44. The second-order valence-electron chi connectivity index (χ2n) is 11.7. The number of anilines is 1. The number of nitrogens with zero attached hydrogens (tertiary/aromatic N) is 5. The third-order valence-corrected chi connectivity index (χ3v) is 8.34. The van der Waals surface area contributed by atoms with Gasteiger partial charge in [0.05, 0.1) is 14.7 Å². The van der Waals surface area contributed by atoms with Crippen LogP contribution in [-0.4, -0.2) is 77.3 Å². The average molecular weight is 567 g/mol. The maximum atomic E-state index is 16.6. The summed E-state index contributed by atoms with van der Waals surface area (Å²) in [5.74, 6) is -3.16. The molecular weight excluding hydrogens is 533 g/mol. The number of phenolic OH excluding ortho intramolecular Hbond substituents is 1. The Labute approximate surface area is 238 Å². The molecular formula is C30H31F3N6O2. The van der Waals surface area contributed by atoms with Crippen molar-refractivity contribution in [3.05, 3.63) is 47.9 Å². The van der Waals surface area contributed by atoms with E-state index in [1.54, 1.807) is 0 Å². The van der Waals surface area contributed by atoms with E-state index < -0.39 is 29.4 Å². The highest BCUT2D eigenvalue weighted by molar-refractivity contribution is 6.00. The van der Waals surface area contributed by atoms with Crippen LogP contribution in [0.4, 0.5) is 19.0 Å². The zero-order valence-corrected chi connectivity index (χ0v) is 22.7. The fourth-order valence-electron chi connectivity index (χ4n) is 6.21. The summed E-state index contributed by atoms with van der Waals surface area (Å²) >= 11 is 0. The predicted molar refractivity (Wildman–Crippen MR) is 150 cm³/mol. The van der Waals surface area contributed by atoms with Crippen molar-refractivity contribution in [1.29, 1.82) is 0 Å². The molecule has 2 aromatic carbocycles. The number of nitrogens with one attached hydrogen (secondary N) is 1. The van der Waals surface area contributed by atoms with E-state index >= 15 is 8.78 Å².